The fraction of sp³-hybridized carbons (Fsp3) is 0.222. The number of para-hydroxylation sites is 1. The van der Waals surface area contributed by atoms with Gasteiger partial charge in [0.1, 0.15) is 4.21 Å². The van der Waals surface area contributed by atoms with Crippen molar-refractivity contribution in [1.29, 1.82) is 0 Å². The molecule has 0 saturated heterocycles. The van der Waals surface area contributed by atoms with Gasteiger partial charge in [-0.1, -0.05) is 18.2 Å². The van der Waals surface area contributed by atoms with Gasteiger partial charge in [-0.2, -0.15) is 5.10 Å². The Balaban J connectivity index is 1.55. The van der Waals surface area contributed by atoms with E-state index in [0.717, 1.165) is 27.6 Å². The Hall–Kier alpha value is -2.49. The number of amides is 1. The Morgan fingerprint density at radius 2 is 1.93 bits per heavy atom. The molecule has 2 heterocycles. The number of nitrogens with one attached hydrogen (secondary N) is 2. The van der Waals surface area contributed by atoms with Gasteiger partial charge in [-0.25, -0.2) is 17.8 Å². The van der Waals surface area contributed by atoms with E-state index in [2.05, 4.69) is 15.1 Å². The average Bonchev–Trinajstić information content (AvgIpc) is 3.30. The molecule has 0 spiro atoms. The molecule has 0 aliphatic carbocycles. The third-order valence-electron chi connectivity index (χ3n) is 3.75. The molecule has 9 heteroatoms. The zero-order valence-electron chi connectivity index (χ0n) is 14.8. The molecule has 0 fully saturated rings. The molecule has 2 N–H and O–H groups in total. The van der Waals surface area contributed by atoms with Crippen LogP contribution in [0.1, 0.15) is 17.5 Å². The second-order valence-corrected chi connectivity index (χ2v) is 9.03. The summed E-state index contributed by atoms with van der Waals surface area (Å²) in [6.07, 6.45) is 2.34. The SMILES string of the molecule is CC(=O)NCc1ccc(S(=O)(=O)NCCc2ccn(-c3ccccc3)n2)s1. The van der Waals surface area contributed by atoms with Gasteiger partial charge in [0.05, 0.1) is 17.9 Å². The quantitative estimate of drug-likeness (QED) is 0.601. The Kier molecular flexibility index (Phi) is 6.04. The third kappa shape index (κ3) is 5.25. The van der Waals surface area contributed by atoms with Crippen LogP contribution in [0.2, 0.25) is 0 Å². The highest BCUT2D eigenvalue weighted by Crippen LogP contribution is 2.21. The molecule has 0 aliphatic rings. The van der Waals surface area contributed by atoms with Gasteiger partial charge in [0.15, 0.2) is 0 Å². The van der Waals surface area contributed by atoms with Gasteiger partial charge in [0, 0.05) is 31.0 Å². The lowest BCUT2D eigenvalue weighted by molar-refractivity contribution is -0.119. The van der Waals surface area contributed by atoms with Gasteiger partial charge in [0.2, 0.25) is 15.9 Å². The molecule has 3 aromatic rings. The van der Waals surface area contributed by atoms with Crippen molar-refractivity contribution in [3.63, 3.8) is 0 Å². The van der Waals surface area contributed by atoms with Crippen LogP contribution in [0.4, 0.5) is 0 Å². The maximum atomic E-state index is 12.4. The van der Waals surface area contributed by atoms with E-state index < -0.39 is 10.0 Å². The molecule has 7 nitrogen and oxygen atoms in total. The monoisotopic (exact) mass is 404 g/mol. The molecule has 1 amide bonds. The van der Waals surface area contributed by atoms with Crippen molar-refractivity contribution < 1.29 is 13.2 Å². The Bertz CT molecular complexity index is 1010. The molecule has 0 bridgehead atoms. The van der Waals surface area contributed by atoms with Crippen LogP contribution in [-0.2, 0) is 27.8 Å². The number of hydrogen-bond acceptors (Lipinski definition) is 5. The first-order valence-corrected chi connectivity index (χ1v) is 10.7. The lowest BCUT2D eigenvalue weighted by Crippen LogP contribution is -2.25. The number of sulfonamides is 1. The van der Waals surface area contributed by atoms with Gasteiger partial charge in [-0.3, -0.25) is 4.79 Å². The summed E-state index contributed by atoms with van der Waals surface area (Å²) in [6, 6.07) is 14.8. The van der Waals surface area contributed by atoms with Crippen molar-refractivity contribution in [2.24, 2.45) is 0 Å². The smallest absolute Gasteiger partial charge is 0.250 e. The maximum Gasteiger partial charge on any atom is 0.250 e. The minimum absolute atomic E-state index is 0.152. The molecule has 0 unspecified atom stereocenters. The van der Waals surface area contributed by atoms with Gasteiger partial charge >= 0.3 is 0 Å². The normalized spacial score (nSPS) is 11.4. The number of aromatic nitrogens is 2. The number of thiophene rings is 1. The summed E-state index contributed by atoms with van der Waals surface area (Å²) in [5.74, 6) is -0.152. The third-order valence-corrected chi connectivity index (χ3v) is 6.79. The number of benzene rings is 1. The molecule has 3 rings (SSSR count). The fourth-order valence-electron chi connectivity index (χ4n) is 2.41. The van der Waals surface area contributed by atoms with Crippen LogP contribution in [-0.4, -0.2) is 30.7 Å². The Morgan fingerprint density at radius 3 is 2.67 bits per heavy atom. The van der Waals surface area contributed by atoms with E-state index in [0.29, 0.717) is 13.0 Å². The van der Waals surface area contributed by atoms with Crippen LogP contribution >= 0.6 is 11.3 Å². The summed E-state index contributed by atoms with van der Waals surface area (Å²) in [7, 11) is -3.57. The lowest BCUT2D eigenvalue weighted by atomic mass is 10.3. The van der Waals surface area contributed by atoms with Crippen molar-refractivity contribution in [3.8, 4) is 5.69 Å². The number of nitrogens with zero attached hydrogens (tertiary/aromatic N) is 2. The van der Waals surface area contributed by atoms with Gasteiger partial charge in [-0.15, -0.1) is 11.3 Å². The van der Waals surface area contributed by atoms with Crippen molar-refractivity contribution in [2.45, 2.75) is 24.1 Å². The predicted molar refractivity (Wildman–Crippen MR) is 104 cm³/mol. The molecular weight excluding hydrogens is 384 g/mol. The zero-order chi connectivity index (χ0) is 19.3. The van der Waals surface area contributed by atoms with E-state index in [1.54, 1.807) is 16.8 Å². The molecule has 142 valence electrons. The van der Waals surface area contributed by atoms with Crippen LogP contribution in [0.3, 0.4) is 0 Å². The molecule has 0 saturated carbocycles. The molecule has 27 heavy (non-hydrogen) atoms. The lowest BCUT2D eigenvalue weighted by Gasteiger charge is -2.04. The summed E-state index contributed by atoms with van der Waals surface area (Å²) in [6.45, 7) is 2.01. The molecule has 0 radical (unpaired) electrons. The first kappa shape index (κ1) is 19.3. The van der Waals surface area contributed by atoms with Crippen molar-refractivity contribution in [2.75, 3.05) is 6.54 Å². The van der Waals surface area contributed by atoms with Crippen LogP contribution < -0.4 is 10.0 Å². The molecule has 1 aromatic carbocycles. The van der Waals surface area contributed by atoms with E-state index in [-0.39, 0.29) is 16.7 Å². The van der Waals surface area contributed by atoms with Crippen molar-refractivity contribution in [3.05, 3.63) is 65.3 Å². The van der Waals surface area contributed by atoms with Crippen molar-refractivity contribution in [1.82, 2.24) is 19.8 Å². The van der Waals surface area contributed by atoms with E-state index in [1.807, 2.05) is 42.6 Å². The van der Waals surface area contributed by atoms with Gasteiger partial charge in [-0.05, 0) is 30.3 Å². The number of rotatable bonds is 8. The minimum Gasteiger partial charge on any atom is -0.351 e. The Morgan fingerprint density at radius 1 is 1.15 bits per heavy atom. The largest absolute Gasteiger partial charge is 0.351 e. The van der Waals surface area contributed by atoms with Crippen LogP contribution in [0.25, 0.3) is 5.69 Å². The second-order valence-electron chi connectivity index (χ2n) is 5.87. The molecule has 2 aromatic heterocycles. The highest BCUT2D eigenvalue weighted by molar-refractivity contribution is 7.91. The summed E-state index contributed by atoms with van der Waals surface area (Å²) < 4.78 is 29.4. The summed E-state index contributed by atoms with van der Waals surface area (Å²) >= 11 is 1.14. The number of carbonyl (C=O) groups is 1. The summed E-state index contributed by atoms with van der Waals surface area (Å²) in [5, 5.41) is 7.11. The van der Waals surface area contributed by atoms with E-state index in [4.69, 9.17) is 0 Å². The predicted octanol–water partition coefficient (Wildman–Crippen LogP) is 2.09. The zero-order valence-corrected chi connectivity index (χ0v) is 16.4. The topological polar surface area (TPSA) is 93.1 Å². The number of hydrogen-bond donors (Lipinski definition) is 2. The Labute approximate surface area is 162 Å². The van der Waals surface area contributed by atoms with Crippen LogP contribution in [0.15, 0.2) is 58.9 Å². The second kappa shape index (κ2) is 8.47. The molecule has 0 aliphatic heterocycles. The fourth-order valence-corrected chi connectivity index (χ4v) is 4.79. The van der Waals surface area contributed by atoms with Crippen LogP contribution in [0, 0.1) is 0 Å². The molecule has 0 atom stereocenters. The standard InChI is InChI=1S/C18H20N4O3S2/c1-14(23)19-13-17-7-8-18(26-17)27(24,25)20-11-9-15-10-12-22(21-15)16-5-3-2-4-6-16/h2-8,10,12,20H,9,11,13H2,1H3,(H,19,23). The average molecular weight is 405 g/mol. The first-order valence-electron chi connectivity index (χ1n) is 8.37. The maximum absolute atomic E-state index is 12.4. The van der Waals surface area contributed by atoms with Crippen LogP contribution in [0.5, 0.6) is 0 Å². The number of carbonyl (C=O) groups excluding carboxylic acids is 1. The summed E-state index contributed by atoms with van der Waals surface area (Å²) in [4.78, 5) is 11.7. The van der Waals surface area contributed by atoms with E-state index in [1.165, 1.54) is 6.92 Å². The van der Waals surface area contributed by atoms with E-state index in [9.17, 15) is 13.2 Å². The van der Waals surface area contributed by atoms with E-state index >= 15 is 0 Å². The minimum atomic E-state index is -3.57. The van der Waals surface area contributed by atoms with Crippen molar-refractivity contribution >= 4 is 27.3 Å². The van der Waals surface area contributed by atoms with Gasteiger partial charge in [0.25, 0.3) is 0 Å². The highest BCUT2D eigenvalue weighted by Gasteiger charge is 2.16. The first-order chi connectivity index (χ1) is 12.9. The molecular formula is C18H20N4O3S2. The summed E-state index contributed by atoms with van der Waals surface area (Å²) in [5.41, 5.74) is 1.76. The highest BCUT2D eigenvalue weighted by atomic mass is 32.2. The van der Waals surface area contributed by atoms with Gasteiger partial charge < -0.3 is 5.32 Å².